The number of hydrogen-bond acceptors (Lipinski definition) is 4. The minimum atomic E-state index is -1.01. The van der Waals surface area contributed by atoms with Crippen LogP contribution >= 0.6 is 0 Å². The second-order valence-corrected chi connectivity index (χ2v) is 7.55. The maximum absolute atomic E-state index is 12.3. The van der Waals surface area contributed by atoms with E-state index >= 15 is 0 Å². The lowest BCUT2D eigenvalue weighted by molar-refractivity contribution is -0.159. The monoisotopic (exact) mass is 342 g/mol. The molecule has 0 spiro atoms. The molecular formula is C17H30N2O5. The van der Waals surface area contributed by atoms with Crippen molar-refractivity contribution in [2.75, 3.05) is 33.4 Å². The molecule has 2 amide bonds. The standard InChI is InChI=1S/C17H30N2O5/c1-16(2,3)14(21)18-9-5-7-13(20)19-10-6-8-17(11-19,12-24-4)15(22)23/h5-12H2,1-4H3,(H,18,21)(H,22,23). The Hall–Kier alpha value is -1.63. The number of nitrogens with one attached hydrogen (secondary N) is 1. The van der Waals surface area contributed by atoms with Crippen molar-refractivity contribution in [1.82, 2.24) is 10.2 Å². The maximum Gasteiger partial charge on any atom is 0.313 e. The lowest BCUT2D eigenvalue weighted by Crippen LogP contribution is -2.52. The Morgan fingerprint density at radius 2 is 1.96 bits per heavy atom. The topological polar surface area (TPSA) is 95.9 Å². The third-order valence-corrected chi connectivity index (χ3v) is 4.34. The number of methoxy groups -OCH3 is 1. The Morgan fingerprint density at radius 3 is 2.50 bits per heavy atom. The van der Waals surface area contributed by atoms with Crippen LogP contribution in [-0.4, -0.2) is 61.1 Å². The summed E-state index contributed by atoms with van der Waals surface area (Å²) in [7, 11) is 1.48. The van der Waals surface area contributed by atoms with E-state index in [-0.39, 0.29) is 25.0 Å². The number of carboxylic acid groups (broad SMARTS) is 1. The minimum Gasteiger partial charge on any atom is -0.481 e. The van der Waals surface area contributed by atoms with E-state index in [0.29, 0.717) is 38.8 Å². The number of amides is 2. The Balaban J connectivity index is 2.47. The van der Waals surface area contributed by atoms with Crippen LogP contribution in [0.25, 0.3) is 0 Å². The number of carbonyl (C=O) groups excluding carboxylic acids is 2. The molecule has 1 aliphatic rings. The molecule has 7 heteroatoms. The van der Waals surface area contributed by atoms with Crippen LogP contribution in [0.5, 0.6) is 0 Å². The first-order valence-electron chi connectivity index (χ1n) is 8.41. The second kappa shape index (κ2) is 8.46. The predicted octanol–water partition coefficient (Wildman–Crippen LogP) is 1.27. The zero-order valence-corrected chi connectivity index (χ0v) is 15.2. The van der Waals surface area contributed by atoms with Gasteiger partial charge < -0.3 is 20.1 Å². The van der Waals surface area contributed by atoms with Gasteiger partial charge in [0.15, 0.2) is 0 Å². The fourth-order valence-corrected chi connectivity index (χ4v) is 2.84. The fourth-order valence-electron chi connectivity index (χ4n) is 2.84. The largest absolute Gasteiger partial charge is 0.481 e. The van der Waals surface area contributed by atoms with Crippen molar-refractivity contribution < 1.29 is 24.2 Å². The van der Waals surface area contributed by atoms with Gasteiger partial charge >= 0.3 is 5.97 Å². The Labute approximate surface area is 143 Å². The normalized spacial score (nSPS) is 21.4. The molecule has 1 heterocycles. The molecule has 0 aromatic rings. The highest BCUT2D eigenvalue weighted by Gasteiger charge is 2.43. The molecule has 1 fully saturated rings. The van der Waals surface area contributed by atoms with Crippen LogP contribution < -0.4 is 5.32 Å². The molecule has 1 aliphatic heterocycles. The summed E-state index contributed by atoms with van der Waals surface area (Å²) in [6, 6.07) is 0. The summed E-state index contributed by atoms with van der Waals surface area (Å²) in [5, 5.41) is 12.3. The molecule has 0 aliphatic carbocycles. The van der Waals surface area contributed by atoms with Gasteiger partial charge in [0, 0.05) is 38.6 Å². The molecule has 2 N–H and O–H groups in total. The summed E-state index contributed by atoms with van der Waals surface area (Å²) in [4.78, 5) is 37.3. The molecule has 1 atom stereocenters. The van der Waals surface area contributed by atoms with Crippen LogP contribution in [0.15, 0.2) is 0 Å². The van der Waals surface area contributed by atoms with E-state index < -0.39 is 16.8 Å². The lowest BCUT2D eigenvalue weighted by atomic mass is 9.80. The smallest absolute Gasteiger partial charge is 0.313 e. The number of ether oxygens (including phenoxy) is 1. The Kier molecular flexibility index (Phi) is 7.20. The summed E-state index contributed by atoms with van der Waals surface area (Å²) < 4.78 is 5.06. The highest BCUT2D eigenvalue weighted by Crippen LogP contribution is 2.31. The zero-order chi connectivity index (χ0) is 18.4. The van der Waals surface area contributed by atoms with E-state index in [1.165, 1.54) is 7.11 Å². The number of nitrogens with zero attached hydrogens (tertiary/aromatic N) is 1. The molecule has 1 rings (SSSR count). The van der Waals surface area contributed by atoms with E-state index in [4.69, 9.17) is 4.74 Å². The molecule has 24 heavy (non-hydrogen) atoms. The predicted molar refractivity (Wildman–Crippen MR) is 89.5 cm³/mol. The second-order valence-electron chi connectivity index (χ2n) is 7.55. The van der Waals surface area contributed by atoms with Gasteiger partial charge in [0.2, 0.25) is 11.8 Å². The van der Waals surface area contributed by atoms with Crippen LogP contribution in [0.4, 0.5) is 0 Å². The van der Waals surface area contributed by atoms with Gasteiger partial charge in [0.25, 0.3) is 0 Å². The van der Waals surface area contributed by atoms with Gasteiger partial charge in [0.1, 0.15) is 5.41 Å². The number of piperidine rings is 1. The van der Waals surface area contributed by atoms with Crippen LogP contribution in [0.2, 0.25) is 0 Å². The van der Waals surface area contributed by atoms with Crippen molar-refractivity contribution in [3.05, 3.63) is 0 Å². The average molecular weight is 342 g/mol. The van der Waals surface area contributed by atoms with E-state index in [2.05, 4.69) is 5.32 Å². The third kappa shape index (κ3) is 5.47. The summed E-state index contributed by atoms with van der Waals surface area (Å²) in [6.45, 7) is 6.81. The van der Waals surface area contributed by atoms with Gasteiger partial charge in [-0.3, -0.25) is 14.4 Å². The summed E-state index contributed by atoms with van der Waals surface area (Å²) >= 11 is 0. The third-order valence-electron chi connectivity index (χ3n) is 4.34. The van der Waals surface area contributed by atoms with Crippen LogP contribution in [0.3, 0.4) is 0 Å². The molecule has 138 valence electrons. The van der Waals surface area contributed by atoms with Gasteiger partial charge in [0.05, 0.1) is 6.61 Å². The van der Waals surface area contributed by atoms with Crippen molar-refractivity contribution in [3.8, 4) is 0 Å². The summed E-state index contributed by atoms with van der Waals surface area (Å²) in [5.74, 6) is -1.03. The van der Waals surface area contributed by atoms with Crippen molar-refractivity contribution in [2.45, 2.75) is 46.5 Å². The molecule has 0 radical (unpaired) electrons. The molecule has 0 aromatic carbocycles. The number of likely N-dealkylation sites (tertiary alicyclic amines) is 1. The summed E-state index contributed by atoms with van der Waals surface area (Å²) in [6.07, 6.45) is 2.01. The van der Waals surface area contributed by atoms with Gasteiger partial charge in [-0.15, -0.1) is 0 Å². The molecule has 7 nitrogen and oxygen atoms in total. The van der Waals surface area contributed by atoms with Crippen molar-refractivity contribution >= 4 is 17.8 Å². The Bertz CT molecular complexity index is 468. The van der Waals surface area contributed by atoms with Crippen molar-refractivity contribution in [2.24, 2.45) is 10.8 Å². The highest BCUT2D eigenvalue weighted by atomic mass is 16.5. The fraction of sp³-hybridized carbons (Fsp3) is 0.824. The van der Waals surface area contributed by atoms with Crippen molar-refractivity contribution in [3.63, 3.8) is 0 Å². The molecule has 0 aromatic heterocycles. The van der Waals surface area contributed by atoms with Crippen LogP contribution in [-0.2, 0) is 19.1 Å². The number of carbonyl (C=O) groups is 3. The zero-order valence-electron chi connectivity index (χ0n) is 15.2. The Morgan fingerprint density at radius 1 is 1.29 bits per heavy atom. The number of hydrogen-bond donors (Lipinski definition) is 2. The van der Waals surface area contributed by atoms with Gasteiger partial charge in [-0.1, -0.05) is 20.8 Å². The van der Waals surface area contributed by atoms with E-state index in [9.17, 15) is 19.5 Å². The van der Waals surface area contributed by atoms with Crippen molar-refractivity contribution in [1.29, 1.82) is 0 Å². The molecular weight excluding hydrogens is 312 g/mol. The number of carboxylic acids is 1. The van der Waals surface area contributed by atoms with Gasteiger partial charge in [-0.2, -0.15) is 0 Å². The van der Waals surface area contributed by atoms with Crippen LogP contribution in [0.1, 0.15) is 46.5 Å². The SMILES string of the molecule is COCC1(C(=O)O)CCCN(C(=O)CCCNC(=O)C(C)(C)C)C1. The maximum atomic E-state index is 12.3. The minimum absolute atomic E-state index is 0.0436. The molecule has 1 unspecified atom stereocenters. The summed E-state index contributed by atoms with van der Waals surface area (Å²) in [5.41, 5.74) is -1.46. The van der Waals surface area contributed by atoms with Gasteiger partial charge in [-0.05, 0) is 19.3 Å². The molecule has 0 bridgehead atoms. The number of aliphatic carboxylic acids is 1. The average Bonchev–Trinajstić information content (AvgIpc) is 2.50. The first-order valence-corrected chi connectivity index (χ1v) is 8.41. The van der Waals surface area contributed by atoms with E-state index in [1.807, 2.05) is 20.8 Å². The molecule has 1 saturated heterocycles. The highest BCUT2D eigenvalue weighted by molar-refractivity contribution is 5.81. The first-order chi connectivity index (χ1) is 11.1. The van der Waals surface area contributed by atoms with Crippen LogP contribution in [0, 0.1) is 10.8 Å². The number of rotatable bonds is 7. The first kappa shape index (κ1) is 20.4. The quantitative estimate of drug-likeness (QED) is 0.679. The van der Waals surface area contributed by atoms with E-state index in [1.54, 1.807) is 4.90 Å². The van der Waals surface area contributed by atoms with E-state index in [0.717, 1.165) is 0 Å². The van der Waals surface area contributed by atoms with Gasteiger partial charge in [-0.25, -0.2) is 0 Å². The lowest BCUT2D eigenvalue weighted by Gasteiger charge is -2.39. The molecule has 0 saturated carbocycles.